The van der Waals surface area contributed by atoms with Crippen molar-refractivity contribution < 1.29 is 23.5 Å². The number of aromatic nitrogens is 2. The van der Waals surface area contributed by atoms with Crippen molar-refractivity contribution in [1.82, 2.24) is 9.78 Å². The summed E-state index contributed by atoms with van der Waals surface area (Å²) in [5.41, 5.74) is 0.0233. The first-order valence-electron chi connectivity index (χ1n) is 7.11. The van der Waals surface area contributed by atoms with Crippen LogP contribution >= 0.6 is 0 Å². The third-order valence-electron chi connectivity index (χ3n) is 3.40. The van der Waals surface area contributed by atoms with Gasteiger partial charge < -0.3 is 10.4 Å². The number of aromatic carboxylic acids is 1. The van der Waals surface area contributed by atoms with Gasteiger partial charge in [0.15, 0.2) is 17.3 Å². The number of hydrogen-bond donors (Lipinski definition) is 2. The zero-order chi connectivity index (χ0) is 18.0. The van der Waals surface area contributed by atoms with Crippen molar-refractivity contribution in [2.75, 3.05) is 5.32 Å². The lowest BCUT2D eigenvalue weighted by molar-refractivity contribution is 0.0689. The fourth-order valence-corrected chi connectivity index (χ4v) is 2.22. The lowest BCUT2D eigenvalue weighted by Gasteiger charge is -2.11. The van der Waals surface area contributed by atoms with E-state index < -0.39 is 29.1 Å². The number of carbonyl (C=O) groups excluding carboxylic acids is 1. The molecule has 0 unspecified atom stereocenters. The molecule has 0 aliphatic carbocycles. The van der Waals surface area contributed by atoms with Gasteiger partial charge in [-0.3, -0.25) is 4.79 Å². The molecule has 0 saturated carbocycles. The number of nitrogens with zero attached hydrogens (tertiary/aromatic N) is 2. The molecule has 25 heavy (non-hydrogen) atoms. The third kappa shape index (κ3) is 3.23. The maximum absolute atomic E-state index is 13.8. The van der Waals surface area contributed by atoms with E-state index in [2.05, 4.69) is 10.4 Å². The molecule has 1 amide bonds. The number of rotatable bonds is 4. The van der Waals surface area contributed by atoms with Gasteiger partial charge in [-0.2, -0.15) is 5.10 Å². The summed E-state index contributed by atoms with van der Waals surface area (Å²) in [6.07, 6.45) is 1.41. The summed E-state index contributed by atoms with van der Waals surface area (Å²) in [4.78, 5) is 23.2. The maximum Gasteiger partial charge on any atom is 0.356 e. The smallest absolute Gasteiger partial charge is 0.356 e. The van der Waals surface area contributed by atoms with Crippen LogP contribution in [0.1, 0.15) is 20.8 Å². The number of hydrogen-bond acceptors (Lipinski definition) is 3. The molecule has 1 aromatic heterocycles. The molecule has 0 radical (unpaired) electrons. The molecule has 6 nitrogen and oxygen atoms in total. The largest absolute Gasteiger partial charge is 0.476 e. The summed E-state index contributed by atoms with van der Waals surface area (Å²) >= 11 is 0. The quantitative estimate of drug-likeness (QED) is 0.762. The van der Waals surface area contributed by atoms with Gasteiger partial charge in [0.2, 0.25) is 0 Å². The lowest BCUT2D eigenvalue weighted by atomic mass is 10.2. The Labute approximate surface area is 140 Å². The third-order valence-corrected chi connectivity index (χ3v) is 3.40. The van der Waals surface area contributed by atoms with E-state index in [4.69, 9.17) is 5.11 Å². The fourth-order valence-electron chi connectivity index (χ4n) is 2.22. The van der Waals surface area contributed by atoms with Gasteiger partial charge in [-0.25, -0.2) is 18.3 Å². The first kappa shape index (κ1) is 16.3. The minimum Gasteiger partial charge on any atom is -0.476 e. The summed E-state index contributed by atoms with van der Waals surface area (Å²) in [6, 6.07) is 11.0. The molecular weight excluding hydrogens is 332 g/mol. The monoisotopic (exact) mass is 343 g/mol. The molecule has 126 valence electrons. The summed E-state index contributed by atoms with van der Waals surface area (Å²) in [6.45, 7) is 0. The van der Waals surface area contributed by atoms with Gasteiger partial charge in [0.25, 0.3) is 5.91 Å². The lowest BCUT2D eigenvalue weighted by Crippen LogP contribution is -2.16. The highest BCUT2D eigenvalue weighted by Gasteiger charge is 2.17. The minimum atomic E-state index is -1.25. The van der Waals surface area contributed by atoms with E-state index >= 15 is 0 Å². The average molecular weight is 343 g/mol. The Balaban J connectivity index is 1.94. The van der Waals surface area contributed by atoms with Crippen LogP contribution in [0.5, 0.6) is 0 Å². The molecule has 0 spiro atoms. The van der Waals surface area contributed by atoms with E-state index in [1.165, 1.54) is 29.1 Å². The van der Waals surface area contributed by atoms with Crippen LogP contribution in [-0.2, 0) is 0 Å². The van der Waals surface area contributed by atoms with Crippen LogP contribution in [-0.4, -0.2) is 26.8 Å². The van der Waals surface area contributed by atoms with Gasteiger partial charge in [0.1, 0.15) is 0 Å². The molecule has 3 aromatic rings. The molecule has 2 aromatic carbocycles. The van der Waals surface area contributed by atoms with Gasteiger partial charge in [0, 0.05) is 6.20 Å². The van der Waals surface area contributed by atoms with E-state index in [9.17, 15) is 18.4 Å². The maximum atomic E-state index is 13.8. The van der Waals surface area contributed by atoms with Crippen molar-refractivity contribution >= 4 is 17.6 Å². The Hall–Kier alpha value is -3.55. The van der Waals surface area contributed by atoms with Gasteiger partial charge >= 0.3 is 5.97 Å². The first-order chi connectivity index (χ1) is 12.0. The molecule has 2 N–H and O–H groups in total. The molecule has 3 rings (SSSR count). The van der Waals surface area contributed by atoms with Crippen LogP contribution in [0.2, 0.25) is 0 Å². The number of benzene rings is 2. The Bertz CT molecular complexity index is 969. The van der Waals surface area contributed by atoms with Crippen LogP contribution in [0.25, 0.3) is 5.69 Å². The Kier molecular flexibility index (Phi) is 4.25. The Morgan fingerprint density at radius 3 is 2.52 bits per heavy atom. The highest BCUT2D eigenvalue weighted by molar-refractivity contribution is 6.05. The summed E-state index contributed by atoms with van der Waals surface area (Å²) in [5.74, 6) is -4.40. The van der Waals surface area contributed by atoms with Crippen molar-refractivity contribution in [3.63, 3.8) is 0 Å². The van der Waals surface area contributed by atoms with Crippen LogP contribution in [0.15, 0.2) is 54.7 Å². The second-order valence-electron chi connectivity index (χ2n) is 5.02. The van der Waals surface area contributed by atoms with E-state index in [0.717, 1.165) is 12.1 Å². The number of nitrogens with one attached hydrogen (secondary N) is 1. The second-order valence-corrected chi connectivity index (χ2v) is 5.02. The van der Waals surface area contributed by atoms with Gasteiger partial charge in [0.05, 0.1) is 16.9 Å². The number of halogens is 2. The van der Waals surface area contributed by atoms with E-state index in [0.29, 0.717) is 5.69 Å². The van der Waals surface area contributed by atoms with Crippen molar-refractivity contribution in [3.05, 3.63) is 77.6 Å². The molecule has 8 heteroatoms. The van der Waals surface area contributed by atoms with Gasteiger partial charge in [-0.15, -0.1) is 0 Å². The summed E-state index contributed by atoms with van der Waals surface area (Å²) < 4.78 is 28.3. The van der Waals surface area contributed by atoms with Crippen LogP contribution in [0.4, 0.5) is 14.5 Å². The first-order valence-corrected chi connectivity index (χ1v) is 7.11. The van der Waals surface area contributed by atoms with Crippen molar-refractivity contribution in [2.45, 2.75) is 0 Å². The Morgan fingerprint density at radius 2 is 1.80 bits per heavy atom. The molecule has 0 atom stereocenters. The predicted octanol–water partition coefficient (Wildman–Crippen LogP) is 3.10. The zero-order valence-electron chi connectivity index (χ0n) is 12.6. The normalized spacial score (nSPS) is 10.5. The predicted molar refractivity (Wildman–Crippen MR) is 84.8 cm³/mol. The van der Waals surface area contributed by atoms with Crippen LogP contribution < -0.4 is 5.32 Å². The van der Waals surface area contributed by atoms with Crippen molar-refractivity contribution in [2.24, 2.45) is 0 Å². The number of anilines is 1. The minimum absolute atomic E-state index is 0.169. The fraction of sp³-hybridized carbons (Fsp3) is 0. The number of amides is 1. The van der Waals surface area contributed by atoms with E-state index in [1.54, 1.807) is 18.2 Å². The molecule has 0 aliphatic rings. The van der Waals surface area contributed by atoms with Gasteiger partial charge in [-0.05, 0) is 30.3 Å². The molecule has 0 aliphatic heterocycles. The highest BCUT2D eigenvalue weighted by atomic mass is 19.2. The standard InChI is InChI=1S/C17H11F2N3O3/c18-11-5-3-4-10(15(11)19)16(23)20-12-6-1-2-7-14(12)22-9-8-13(21-22)17(24)25/h1-9H,(H,20,23)(H,24,25). The highest BCUT2D eigenvalue weighted by Crippen LogP contribution is 2.21. The second kappa shape index (κ2) is 6.52. The SMILES string of the molecule is O=C(O)c1ccn(-c2ccccc2NC(=O)c2cccc(F)c2F)n1. The van der Waals surface area contributed by atoms with Crippen molar-refractivity contribution in [3.8, 4) is 5.69 Å². The molecule has 0 saturated heterocycles. The van der Waals surface area contributed by atoms with Gasteiger partial charge in [-0.1, -0.05) is 18.2 Å². The van der Waals surface area contributed by atoms with Crippen LogP contribution in [0, 0.1) is 11.6 Å². The summed E-state index contributed by atoms with van der Waals surface area (Å²) in [7, 11) is 0. The number of para-hydroxylation sites is 2. The Morgan fingerprint density at radius 1 is 1.04 bits per heavy atom. The molecular formula is C17H11F2N3O3. The average Bonchev–Trinajstić information content (AvgIpc) is 3.08. The number of carbonyl (C=O) groups is 2. The number of carboxylic acids is 1. The molecule has 1 heterocycles. The zero-order valence-corrected chi connectivity index (χ0v) is 12.6. The van der Waals surface area contributed by atoms with E-state index in [1.807, 2.05) is 0 Å². The number of carboxylic acid groups (broad SMARTS) is 1. The topological polar surface area (TPSA) is 84.2 Å². The molecule has 0 fully saturated rings. The van der Waals surface area contributed by atoms with Crippen LogP contribution in [0.3, 0.4) is 0 Å². The van der Waals surface area contributed by atoms with E-state index in [-0.39, 0.29) is 11.4 Å². The molecule has 0 bridgehead atoms. The summed E-state index contributed by atoms with van der Waals surface area (Å²) in [5, 5.41) is 15.3. The van der Waals surface area contributed by atoms with Crippen molar-refractivity contribution in [1.29, 1.82) is 0 Å².